The molecule has 0 saturated heterocycles. The number of benzene rings is 1. The van der Waals surface area contributed by atoms with Gasteiger partial charge in [-0.2, -0.15) is 0 Å². The fourth-order valence-corrected chi connectivity index (χ4v) is 1.95. The van der Waals surface area contributed by atoms with E-state index >= 15 is 0 Å². The van der Waals surface area contributed by atoms with Gasteiger partial charge in [0.2, 0.25) is 11.8 Å². The summed E-state index contributed by atoms with van der Waals surface area (Å²) in [4.78, 5) is 22.5. The first-order valence-electron chi connectivity index (χ1n) is 7.74. The minimum atomic E-state index is -0.377. The molecule has 0 fully saturated rings. The Bertz CT molecular complexity index is 551. The molecule has 0 saturated carbocycles. The second kappa shape index (κ2) is 11.2. The molecule has 124 valence electrons. The number of hydroxylamine groups is 1. The largest absolute Gasteiger partial charge is 0.353 e. The van der Waals surface area contributed by atoms with Crippen molar-refractivity contribution in [2.45, 2.75) is 32.6 Å². The number of nitrogens with one attached hydrogen (secondary N) is 2. The van der Waals surface area contributed by atoms with E-state index in [0.717, 1.165) is 24.0 Å². The number of rotatable bonds is 9. The molecule has 5 nitrogen and oxygen atoms in total. The molecule has 0 radical (unpaired) electrons. The normalized spacial score (nSPS) is 11.5. The topological polar surface area (TPSA) is 78.4 Å². The van der Waals surface area contributed by atoms with Crippen LogP contribution in [0, 0.1) is 0 Å². The third-order valence-electron chi connectivity index (χ3n) is 3.20. The van der Waals surface area contributed by atoms with Crippen molar-refractivity contribution in [1.29, 1.82) is 0 Å². The highest BCUT2D eigenvalue weighted by atomic mass is 16.5. The summed E-state index contributed by atoms with van der Waals surface area (Å²) in [5.74, 6) is -0.494. The molecule has 0 unspecified atom stereocenters. The predicted octanol–water partition coefficient (Wildman–Crippen LogP) is 2.83. The Hall–Kier alpha value is -2.40. The average molecular weight is 316 g/mol. The first-order valence-corrected chi connectivity index (χ1v) is 7.74. The quantitative estimate of drug-likeness (QED) is 0.215. The molecule has 1 aromatic rings. The van der Waals surface area contributed by atoms with E-state index < -0.39 is 0 Å². The van der Waals surface area contributed by atoms with Gasteiger partial charge in [-0.1, -0.05) is 48.9 Å². The van der Waals surface area contributed by atoms with Gasteiger partial charge in [-0.05, 0) is 30.9 Å². The number of allylic oxidation sites excluding steroid dienone is 2. The molecule has 0 atom stereocenters. The first-order chi connectivity index (χ1) is 11.1. The van der Waals surface area contributed by atoms with Crippen molar-refractivity contribution < 1.29 is 14.8 Å². The van der Waals surface area contributed by atoms with E-state index in [9.17, 15) is 9.59 Å². The van der Waals surface area contributed by atoms with Gasteiger partial charge in [-0.25, -0.2) is 5.48 Å². The number of hydrogen-bond donors (Lipinski definition) is 3. The summed E-state index contributed by atoms with van der Waals surface area (Å²) in [5.41, 5.74) is 3.57. The Kier molecular flexibility index (Phi) is 9.09. The van der Waals surface area contributed by atoms with Gasteiger partial charge in [0.15, 0.2) is 0 Å². The summed E-state index contributed by atoms with van der Waals surface area (Å²) in [5, 5.41) is 11.2. The predicted molar refractivity (Wildman–Crippen MR) is 90.6 cm³/mol. The highest BCUT2D eigenvalue weighted by Crippen LogP contribution is 2.04. The summed E-state index contributed by atoms with van der Waals surface area (Å²) in [7, 11) is 0. The molecule has 0 heterocycles. The fourth-order valence-electron chi connectivity index (χ4n) is 1.95. The van der Waals surface area contributed by atoms with Crippen LogP contribution in [0.3, 0.4) is 0 Å². The summed E-state index contributed by atoms with van der Waals surface area (Å²) >= 11 is 0. The lowest BCUT2D eigenvalue weighted by atomic mass is 10.1. The first kappa shape index (κ1) is 18.6. The highest BCUT2D eigenvalue weighted by molar-refractivity contribution is 5.88. The number of carbonyl (C=O) groups is 2. The Morgan fingerprint density at radius 2 is 1.87 bits per heavy atom. The minimum absolute atomic E-state index is 0.117. The summed E-state index contributed by atoms with van der Waals surface area (Å²) in [6.45, 7) is 2.46. The molecule has 2 amide bonds. The van der Waals surface area contributed by atoms with E-state index in [2.05, 4.69) is 5.32 Å². The molecule has 0 aromatic heterocycles. The highest BCUT2D eigenvalue weighted by Gasteiger charge is 1.99. The van der Waals surface area contributed by atoms with Crippen LogP contribution in [0.1, 0.15) is 38.2 Å². The van der Waals surface area contributed by atoms with Crippen LogP contribution in [-0.2, 0) is 9.59 Å². The van der Waals surface area contributed by atoms with Gasteiger partial charge in [0.05, 0.1) is 0 Å². The van der Waals surface area contributed by atoms with E-state index in [-0.39, 0.29) is 11.8 Å². The molecular formula is C18H24N2O3. The minimum Gasteiger partial charge on any atom is -0.353 e. The van der Waals surface area contributed by atoms with Crippen molar-refractivity contribution in [3.8, 4) is 0 Å². The molecule has 3 N–H and O–H groups in total. The maximum absolute atomic E-state index is 11.7. The van der Waals surface area contributed by atoms with Gasteiger partial charge in [0.1, 0.15) is 0 Å². The van der Waals surface area contributed by atoms with Crippen molar-refractivity contribution in [3.63, 3.8) is 0 Å². The lowest BCUT2D eigenvalue weighted by Crippen LogP contribution is -2.22. The average Bonchev–Trinajstić information content (AvgIpc) is 2.56. The number of carbonyl (C=O) groups excluding carboxylic acids is 2. The van der Waals surface area contributed by atoms with E-state index in [1.165, 1.54) is 0 Å². The van der Waals surface area contributed by atoms with Crippen LogP contribution in [0.2, 0.25) is 0 Å². The van der Waals surface area contributed by atoms with Crippen molar-refractivity contribution in [2.24, 2.45) is 0 Å². The van der Waals surface area contributed by atoms with Gasteiger partial charge in [0, 0.05) is 19.0 Å². The molecule has 23 heavy (non-hydrogen) atoms. The standard InChI is InChI=1S/C18H24N2O3/c1-15(11-12-16-8-4-2-5-9-16)14-18(22)19-13-7-3-6-10-17(21)20-23/h2,4-5,8-9,11-12,14,23H,3,6-7,10,13H2,1H3,(H,19,22)(H,20,21). The molecule has 1 rings (SSSR count). The number of amides is 2. The van der Waals surface area contributed by atoms with Crippen LogP contribution >= 0.6 is 0 Å². The van der Waals surface area contributed by atoms with E-state index in [1.54, 1.807) is 11.6 Å². The molecule has 0 aliphatic carbocycles. The van der Waals surface area contributed by atoms with Crippen LogP contribution < -0.4 is 10.8 Å². The van der Waals surface area contributed by atoms with Crippen molar-refractivity contribution in [2.75, 3.05) is 6.54 Å². The molecule has 5 heteroatoms. The Labute approximate surface area is 137 Å². The van der Waals surface area contributed by atoms with Crippen LogP contribution in [0.5, 0.6) is 0 Å². The third-order valence-corrected chi connectivity index (χ3v) is 3.20. The Morgan fingerprint density at radius 1 is 1.13 bits per heavy atom. The zero-order chi connectivity index (χ0) is 16.9. The molecule has 1 aromatic carbocycles. The summed E-state index contributed by atoms with van der Waals surface area (Å²) in [6, 6.07) is 9.90. The van der Waals surface area contributed by atoms with Gasteiger partial charge in [-0.15, -0.1) is 0 Å². The van der Waals surface area contributed by atoms with E-state index in [4.69, 9.17) is 5.21 Å². The molecule has 0 aliphatic heterocycles. The second-order valence-corrected chi connectivity index (χ2v) is 5.27. The lowest BCUT2D eigenvalue weighted by molar-refractivity contribution is -0.129. The van der Waals surface area contributed by atoms with Crippen LogP contribution in [0.15, 0.2) is 48.1 Å². The molecular weight excluding hydrogens is 292 g/mol. The SMILES string of the molecule is CC(C=Cc1ccccc1)=CC(=O)NCCCCCC(=O)NO. The number of hydrogen-bond acceptors (Lipinski definition) is 3. The van der Waals surface area contributed by atoms with Crippen molar-refractivity contribution >= 4 is 17.9 Å². The summed E-state index contributed by atoms with van der Waals surface area (Å²) < 4.78 is 0. The zero-order valence-electron chi connectivity index (χ0n) is 13.4. The van der Waals surface area contributed by atoms with Crippen LogP contribution in [0.4, 0.5) is 0 Å². The van der Waals surface area contributed by atoms with Crippen molar-refractivity contribution in [1.82, 2.24) is 10.8 Å². The van der Waals surface area contributed by atoms with Crippen LogP contribution in [-0.4, -0.2) is 23.6 Å². The summed E-state index contributed by atoms with van der Waals surface area (Å²) in [6.07, 6.45) is 8.05. The van der Waals surface area contributed by atoms with E-state index in [1.807, 2.05) is 49.4 Å². The van der Waals surface area contributed by atoms with E-state index in [0.29, 0.717) is 19.4 Å². The molecule has 0 bridgehead atoms. The van der Waals surface area contributed by atoms with Gasteiger partial charge in [0.25, 0.3) is 0 Å². The van der Waals surface area contributed by atoms with Gasteiger partial charge < -0.3 is 5.32 Å². The monoisotopic (exact) mass is 316 g/mol. The zero-order valence-corrected chi connectivity index (χ0v) is 13.4. The number of unbranched alkanes of at least 4 members (excludes halogenated alkanes) is 2. The van der Waals surface area contributed by atoms with Crippen LogP contribution in [0.25, 0.3) is 6.08 Å². The van der Waals surface area contributed by atoms with Crippen molar-refractivity contribution in [3.05, 3.63) is 53.6 Å². The molecule has 0 aliphatic rings. The van der Waals surface area contributed by atoms with Gasteiger partial charge >= 0.3 is 0 Å². The maximum Gasteiger partial charge on any atom is 0.244 e. The smallest absolute Gasteiger partial charge is 0.244 e. The maximum atomic E-state index is 11.7. The third kappa shape index (κ3) is 9.26. The fraction of sp³-hybridized carbons (Fsp3) is 0.333. The Morgan fingerprint density at radius 3 is 2.57 bits per heavy atom. The van der Waals surface area contributed by atoms with Gasteiger partial charge in [-0.3, -0.25) is 14.8 Å². The lowest BCUT2D eigenvalue weighted by Gasteiger charge is -2.03. The molecule has 0 spiro atoms. The Balaban J connectivity index is 2.21. The second-order valence-electron chi connectivity index (χ2n) is 5.27.